The molecule has 0 radical (unpaired) electrons. The molecule has 1 amide bonds. The van der Waals surface area contributed by atoms with Crippen molar-refractivity contribution >= 4 is 5.91 Å². The summed E-state index contributed by atoms with van der Waals surface area (Å²) in [6.07, 6.45) is 6.23. The summed E-state index contributed by atoms with van der Waals surface area (Å²) < 4.78 is 0. The van der Waals surface area contributed by atoms with Crippen LogP contribution in [0.2, 0.25) is 0 Å². The normalized spacial score (nSPS) is 23.5. The Morgan fingerprint density at radius 3 is 2.95 bits per heavy atom. The number of aliphatic hydroxyl groups is 1. The van der Waals surface area contributed by atoms with Gasteiger partial charge in [0, 0.05) is 39.0 Å². The molecule has 5 heteroatoms. The SMILES string of the molecule is CNC(=O)CCC1(O)CCCN(Cc2ccncc2)C1. The number of aromatic nitrogens is 1. The van der Waals surface area contributed by atoms with Crippen molar-refractivity contribution < 1.29 is 9.90 Å². The van der Waals surface area contributed by atoms with Gasteiger partial charge in [-0.05, 0) is 43.5 Å². The molecule has 1 aromatic rings. The van der Waals surface area contributed by atoms with E-state index in [0.717, 1.165) is 25.9 Å². The maximum Gasteiger partial charge on any atom is 0.219 e. The number of likely N-dealkylation sites (tertiary alicyclic amines) is 1. The molecule has 110 valence electrons. The van der Waals surface area contributed by atoms with Gasteiger partial charge in [0.25, 0.3) is 0 Å². The lowest BCUT2D eigenvalue weighted by atomic mass is 9.88. The van der Waals surface area contributed by atoms with Crippen molar-refractivity contribution in [2.75, 3.05) is 20.1 Å². The number of amides is 1. The molecular weight excluding hydrogens is 254 g/mol. The third-order valence-electron chi connectivity index (χ3n) is 3.89. The Balaban J connectivity index is 1.89. The van der Waals surface area contributed by atoms with Crippen molar-refractivity contribution in [1.29, 1.82) is 0 Å². The zero-order chi connectivity index (χ0) is 14.4. The number of rotatable bonds is 5. The second-order valence-electron chi connectivity index (χ2n) is 5.57. The minimum absolute atomic E-state index is 0.00955. The topological polar surface area (TPSA) is 65.5 Å². The van der Waals surface area contributed by atoms with Gasteiger partial charge in [-0.25, -0.2) is 0 Å². The lowest BCUT2D eigenvalue weighted by Crippen LogP contribution is -2.48. The summed E-state index contributed by atoms with van der Waals surface area (Å²) in [5.74, 6) is -0.00955. The van der Waals surface area contributed by atoms with Gasteiger partial charge in [0.15, 0.2) is 0 Å². The zero-order valence-corrected chi connectivity index (χ0v) is 12.0. The fraction of sp³-hybridized carbons (Fsp3) is 0.600. The molecule has 2 N–H and O–H groups in total. The molecule has 1 unspecified atom stereocenters. The van der Waals surface area contributed by atoms with Crippen molar-refractivity contribution in [3.8, 4) is 0 Å². The third-order valence-corrected chi connectivity index (χ3v) is 3.89. The van der Waals surface area contributed by atoms with Gasteiger partial charge >= 0.3 is 0 Å². The summed E-state index contributed by atoms with van der Waals surface area (Å²) in [6.45, 7) is 2.45. The van der Waals surface area contributed by atoms with Crippen molar-refractivity contribution in [2.24, 2.45) is 0 Å². The number of β-amino-alcohol motifs (C(OH)–C–C–N with tert-alkyl or cyclic N) is 1. The Hall–Kier alpha value is -1.46. The Morgan fingerprint density at radius 2 is 2.25 bits per heavy atom. The molecule has 2 heterocycles. The summed E-state index contributed by atoms with van der Waals surface area (Å²) in [7, 11) is 1.63. The van der Waals surface area contributed by atoms with E-state index in [4.69, 9.17) is 0 Å². The third kappa shape index (κ3) is 4.28. The molecule has 5 nitrogen and oxygen atoms in total. The molecule has 2 rings (SSSR count). The Kier molecular flexibility index (Phi) is 5.09. The van der Waals surface area contributed by atoms with Gasteiger partial charge < -0.3 is 10.4 Å². The molecule has 1 aromatic heterocycles. The van der Waals surface area contributed by atoms with Crippen LogP contribution in [0.25, 0.3) is 0 Å². The van der Waals surface area contributed by atoms with E-state index in [9.17, 15) is 9.90 Å². The highest BCUT2D eigenvalue weighted by Crippen LogP contribution is 2.26. The minimum Gasteiger partial charge on any atom is -0.389 e. The van der Waals surface area contributed by atoms with Crippen molar-refractivity contribution in [1.82, 2.24) is 15.2 Å². The predicted octanol–water partition coefficient (Wildman–Crippen LogP) is 0.935. The van der Waals surface area contributed by atoms with Crippen LogP contribution < -0.4 is 5.32 Å². The molecular formula is C15H23N3O2. The summed E-state index contributed by atoms with van der Waals surface area (Å²) >= 11 is 0. The van der Waals surface area contributed by atoms with E-state index < -0.39 is 5.60 Å². The van der Waals surface area contributed by atoms with E-state index in [-0.39, 0.29) is 5.91 Å². The van der Waals surface area contributed by atoms with Gasteiger partial charge in [-0.1, -0.05) is 0 Å². The highest BCUT2D eigenvalue weighted by Gasteiger charge is 2.33. The molecule has 20 heavy (non-hydrogen) atoms. The maximum absolute atomic E-state index is 11.3. The second kappa shape index (κ2) is 6.81. The fourth-order valence-electron chi connectivity index (χ4n) is 2.76. The molecule has 1 aliphatic heterocycles. The first-order valence-electron chi connectivity index (χ1n) is 7.15. The Bertz CT molecular complexity index is 438. The van der Waals surface area contributed by atoms with E-state index in [1.54, 1.807) is 19.4 Å². The number of pyridine rings is 1. The lowest BCUT2D eigenvalue weighted by Gasteiger charge is -2.39. The number of piperidine rings is 1. The average molecular weight is 277 g/mol. The number of nitrogens with one attached hydrogen (secondary N) is 1. The zero-order valence-electron chi connectivity index (χ0n) is 12.0. The van der Waals surface area contributed by atoms with E-state index in [1.165, 1.54) is 5.56 Å². The van der Waals surface area contributed by atoms with Crippen LogP contribution in [-0.2, 0) is 11.3 Å². The van der Waals surface area contributed by atoms with E-state index in [1.807, 2.05) is 12.1 Å². The van der Waals surface area contributed by atoms with Crippen LogP contribution in [0.15, 0.2) is 24.5 Å². The maximum atomic E-state index is 11.3. The molecule has 0 aliphatic carbocycles. The fourth-order valence-corrected chi connectivity index (χ4v) is 2.76. The van der Waals surface area contributed by atoms with Gasteiger partial charge in [-0.15, -0.1) is 0 Å². The molecule has 0 bridgehead atoms. The predicted molar refractivity (Wildman–Crippen MR) is 77.0 cm³/mol. The van der Waals surface area contributed by atoms with Crippen molar-refractivity contribution in [3.63, 3.8) is 0 Å². The number of nitrogens with zero attached hydrogens (tertiary/aromatic N) is 2. The molecule has 0 spiro atoms. The number of hydrogen-bond donors (Lipinski definition) is 2. The van der Waals surface area contributed by atoms with Crippen LogP contribution in [0, 0.1) is 0 Å². The largest absolute Gasteiger partial charge is 0.389 e. The van der Waals surface area contributed by atoms with Gasteiger partial charge in [0.2, 0.25) is 5.91 Å². The summed E-state index contributed by atoms with van der Waals surface area (Å²) in [4.78, 5) is 17.6. The second-order valence-corrected chi connectivity index (χ2v) is 5.57. The molecule has 0 aromatic carbocycles. The van der Waals surface area contributed by atoms with E-state index in [0.29, 0.717) is 19.4 Å². The lowest BCUT2D eigenvalue weighted by molar-refractivity contribution is -0.122. The summed E-state index contributed by atoms with van der Waals surface area (Å²) in [5, 5.41) is 13.2. The van der Waals surface area contributed by atoms with Gasteiger partial charge in [-0.3, -0.25) is 14.7 Å². The minimum atomic E-state index is -0.738. The van der Waals surface area contributed by atoms with Crippen LogP contribution in [0.1, 0.15) is 31.2 Å². The van der Waals surface area contributed by atoms with Gasteiger partial charge in [0.1, 0.15) is 0 Å². The Morgan fingerprint density at radius 1 is 1.50 bits per heavy atom. The molecule has 0 saturated carbocycles. The average Bonchev–Trinajstić information content (AvgIpc) is 2.46. The number of hydrogen-bond acceptors (Lipinski definition) is 4. The standard InChI is InChI=1S/C15H23N3O2/c1-16-14(19)3-7-15(20)6-2-10-18(12-15)11-13-4-8-17-9-5-13/h4-5,8-9,20H,2-3,6-7,10-12H2,1H3,(H,16,19). The molecule has 1 saturated heterocycles. The summed E-state index contributed by atoms with van der Waals surface area (Å²) in [5.41, 5.74) is 0.466. The highest BCUT2D eigenvalue weighted by atomic mass is 16.3. The first-order valence-corrected chi connectivity index (χ1v) is 7.15. The van der Waals surface area contributed by atoms with Gasteiger partial charge in [-0.2, -0.15) is 0 Å². The van der Waals surface area contributed by atoms with Crippen LogP contribution in [0.5, 0.6) is 0 Å². The monoisotopic (exact) mass is 277 g/mol. The van der Waals surface area contributed by atoms with Crippen LogP contribution in [0.3, 0.4) is 0 Å². The van der Waals surface area contributed by atoms with Crippen LogP contribution >= 0.6 is 0 Å². The molecule has 1 fully saturated rings. The summed E-state index contributed by atoms with van der Waals surface area (Å²) in [6, 6.07) is 4.00. The first-order chi connectivity index (χ1) is 9.61. The highest BCUT2D eigenvalue weighted by molar-refractivity contribution is 5.75. The number of carbonyl (C=O) groups excluding carboxylic acids is 1. The van der Waals surface area contributed by atoms with Crippen molar-refractivity contribution in [2.45, 2.75) is 37.8 Å². The quantitative estimate of drug-likeness (QED) is 0.840. The molecule has 1 aliphatic rings. The van der Waals surface area contributed by atoms with Crippen LogP contribution in [-0.4, -0.2) is 46.6 Å². The number of carbonyl (C=O) groups is 1. The smallest absolute Gasteiger partial charge is 0.219 e. The van der Waals surface area contributed by atoms with E-state index in [2.05, 4.69) is 15.2 Å². The van der Waals surface area contributed by atoms with E-state index >= 15 is 0 Å². The molecule has 1 atom stereocenters. The van der Waals surface area contributed by atoms with Gasteiger partial charge in [0.05, 0.1) is 5.60 Å². The Labute approximate surface area is 120 Å². The van der Waals surface area contributed by atoms with Crippen LogP contribution in [0.4, 0.5) is 0 Å². The first kappa shape index (κ1) is 14.9. The van der Waals surface area contributed by atoms with Crippen molar-refractivity contribution in [3.05, 3.63) is 30.1 Å².